The van der Waals surface area contributed by atoms with E-state index >= 15 is 0 Å². The van der Waals surface area contributed by atoms with Gasteiger partial charge in [-0.05, 0) is 63.2 Å². The number of allylic oxidation sites excluding steroid dienone is 5. The van der Waals surface area contributed by atoms with Crippen LogP contribution in [0, 0.1) is 0 Å². The molecule has 4 heteroatoms. The Balaban J connectivity index is 0.00000408. The van der Waals surface area contributed by atoms with Gasteiger partial charge in [-0.2, -0.15) is 0 Å². The van der Waals surface area contributed by atoms with E-state index in [9.17, 15) is 4.79 Å². The summed E-state index contributed by atoms with van der Waals surface area (Å²) in [5.41, 5.74) is 1.76. The van der Waals surface area contributed by atoms with Gasteiger partial charge in [0.2, 0.25) is 0 Å². The molecule has 0 amide bonds. The van der Waals surface area contributed by atoms with Crippen molar-refractivity contribution in [1.29, 1.82) is 0 Å². The van der Waals surface area contributed by atoms with Crippen LogP contribution in [-0.4, -0.2) is 18.7 Å². The van der Waals surface area contributed by atoms with E-state index in [0.29, 0.717) is 12.2 Å². The largest absolute Gasteiger partial charge is 1.00 e. The summed E-state index contributed by atoms with van der Waals surface area (Å²) >= 11 is 0. The van der Waals surface area contributed by atoms with Gasteiger partial charge in [0.15, 0.2) is 0 Å². The topological polar surface area (TPSA) is 26.3 Å². The predicted molar refractivity (Wildman–Crippen MR) is 143 cm³/mol. The number of halogens is 1. The van der Waals surface area contributed by atoms with Crippen LogP contribution in [-0.2, 0) is 9.53 Å². The maximum absolute atomic E-state index is 11.8. The average molecular weight is 491 g/mol. The summed E-state index contributed by atoms with van der Waals surface area (Å²) in [7, 11) is -1.88. The van der Waals surface area contributed by atoms with Crippen molar-refractivity contribution in [2.45, 2.75) is 20.8 Å². The fourth-order valence-electron chi connectivity index (χ4n) is 3.82. The van der Waals surface area contributed by atoms with Gasteiger partial charge in [0.25, 0.3) is 0 Å². The van der Waals surface area contributed by atoms with Crippen LogP contribution in [0.3, 0.4) is 0 Å². The molecule has 0 saturated heterocycles. The number of ether oxygens (including phenoxy) is 1. The highest BCUT2D eigenvalue weighted by Gasteiger charge is 2.44. The van der Waals surface area contributed by atoms with Crippen molar-refractivity contribution in [3.63, 3.8) is 0 Å². The molecular formula is C30H32ClO2P. The first-order chi connectivity index (χ1) is 16.1. The van der Waals surface area contributed by atoms with E-state index in [1.807, 2.05) is 19.1 Å². The van der Waals surface area contributed by atoms with Gasteiger partial charge in [0.1, 0.15) is 23.2 Å². The lowest BCUT2D eigenvalue weighted by Gasteiger charge is -2.26. The Morgan fingerprint density at radius 2 is 1.24 bits per heavy atom. The minimum absolute atomic E-state index is 0. The molecule has 0 saturated carbocycles. The molecule has 3 rings (SSSR count). The Hall–Kier alpha value is -2.93. The lowest BCUT2D eigenvalue weighted by molar-refractivity contribution is -0.138. The van der Waals surface area contributed by atoms with Gasteiger partial charge in [0.05, 0.1) is 12.8 Å². The number of hydrogen-bond acceptors (Lipinski definition) is 2. The third kappa shape index (κ3) is 6.79. The van der Waals surface area contributed by atoms with Crippen LogP contribution in [0.15, 0.2) is 126 Å². The van der Waals surface area contributed by atoms with Crippen LogP contribution >= 0.6 is 7.26 Å². The van der Waals surface area contributed by atoms with Crippen molar-refractivity contribution in [3.8, 4) is 0 Å². The Morgan fingerprint density at radius 1 is 0.794 bits per heavy atom. The lowest BCUT2D eigenvalue weighted by Crippen LogP contribution is -3.00. The lowest BCUT2D eigenvalue weighted by atomic mass is 10.2. The molecule has 2 nitrogen and oxygen atoms in total. The zero-order chi connectivity index (χ0) is 23.5. The minimum Gasteiger partial charge on any atom is -1.00 e. The van der Waals surface area contributed by atoms with E-state index < -0.39 is 7.26 Å². The van der Waals surface area contributed by atoms with Gasteiger partial charge in [-0.25, -0.2) is 4.79 Å². The number of carbonyl (C=O) groups is 1. The van der Waals surface area contributed by atoms with Gasteiger partial charge >= 0.3 is 5.97 Å². The van der Waals surface area contributed by atoms with Gasteiger partial charge in [-0.15, -0.1) is 0 Å². The molecule has 176 valence electrons. The summed E-state index contributed by atoms with van der Waals surface area (Å²) in [4.78, 5) is 11.8. The summed E-state index contributed by atoms with van der Waals surface area (Å²) < 4.78 is 5.05. The smallest absolute Gasteiger partial charge is 0.333 e. The van der Waals surface area contributed by atoms with E-state index in [2.05, 4.69) is 110 Å². The van der Waals surface area contributed by atoms with Crippen molar-refractivity contribution in [1.82, 2.24) is 0 Å². The quantitative estimate of drug-likeness (QED) is 0.199. The van der Waals surface area contributed by atoms with Gasteiger partial charge in [0, 0.05) is 5.57 Å². The van der Waals surface area contributed by atoms with Crippen LogP contribution in [0.25, 0.3) is 0 Å². The van der Waals surface area contributed by atoms with Gasteiger partial charge in [-0.3, -0.25) is 0 Å². The van der Waals surface area contributed by atoms with Crippen molar-refractivity contribution < 1.29 is 21.9 Å². The zero-order valence-electron chi connectivity index (χ0n) is 20.0. The zero-order valence-corrected chi connectivity index (χ0v) is 21.7. The van der Waals surface area contributed by atoms with Crippen LogP contribution in [0.4, 0.5) is 0 Å². The fourth-order valence-corrected chi connectivity index (χ4v) is 7.95. The van der Waals surface area contributed by atoms with E-state index in [0.717, 1.165) is 11.7 Å². The predicted octanol–water partition coefficient (Wildman–Crippen LogP) is 3.00. The molecule has 3 aromatic rings. The van der Waals surface area contributed by atoms with Crippen LogP contribution < -0.4 is 28.3 Å². The Morgan fingerprint density at radius 3 is 1.65 bits per heavy atom. The molecule has 0 aliphatic heterocycles. The van der Waals surface area contributed by atoms with E-state index in [1.54, 1.807) is 6.92 Å². The highest BCUT2D eigenvalue weighted by molar-refractivity contribution is 7.95. The fraction of sp³-hybridized carbons (Fsp3) is 0.167. The van der Waals surface area contributed by atoms with Crippen molar-refractivity contribution in [2.75, 3.05) is 12.8 Å². The van der Waals surface area contributed by atoms with Crippen LogP contribution in [0.1, 0.15) is 20.8 Å². The molecule has 0 N–H and O–H groups in total. The molecule has 0 aliphatic rings. The Bertz CT molecular complexity index is 1020. The standard InChI is InChI=1S/C30H32O2P.ClH/c1-4-32-30(31)26(3)16-14-15-25(2)23-24-33(27-17-8-5-9-18-27,28-19-10-6-11-20-28)29-21-12-7-13-22-29;/h5-23H,4,24H2,1-3H3;1H/q+1;/p-1. The molecule has 0 radical (unpaired) electrons. The molecule has 0 unspecified atom stereocenters. The Labute approximate surface area is 210 Å². The van der Waals surface area contributed by atoms with E-state index in [-0.39, 0.29) is 18.4 Å². The maximum Gasteiger partial charge on any atom is 0.333 e. The highest BCUT2D eigenvalue weighted by atomic mass is 35.5. The number of benzene rings is 3. The number of hydrogen-bond donors (Lipinski definition) is 0. The molecule has 0 aromatic heterocycles. The monoisotopic (exact) mass is 490 g/mol. The van der Waals surface area contributed by atoms with Crippen molar-refractivity contribution in [2.24, 2.45) is 0 Å². The second-order valence-corrected chi connectivity index (χ2v) is 11.4. The summed E-state index contributed by atoms with van der Waals surface area (Å²) in [6, 6.07) is 32.6. The molecule has 0 atom stereocenters. The number of rotatable bonds is 9. The second kappa shape index (κ2) is 13.7. The average Bonchev–Trinajstić information content (AvgIpc) is 2.86. The van der Waals surface area contributed by atoms with E-state index in [4.69, 9.17) is 4.74 Å². The minimum atomic E-state index is -1.88. The number of esters is 1. The first-order valence-corrected chi connectivity index (χ1v) is 13.3. The highest BCUT2D eigenvalue weighted by Crippen LogP contribution is 2.55. The van der Waals surface area contributed by atoms with Gasteiger partial charge < -0.3 is 17.1 Å². The van der Waals surface area contributed by atoms with Crippen molar-refractivity contribution >= 4 is 29.1 Å². The Kier molecular flexibility index (Phi) is 11.0. The van der Waals surface area contributed by atoms with Crippen molar-refractivity contribution in [3.05, 3.63) is 126 Å². The third-order valence-electron chi connectivity index (χ3n) is 5.58. The molecule has 0 heterocycles. The second-order valence-electron chi connectivity index (χ2n) is 7.88. The SMILES string of the molecule is CCOC(=O)C(C)=CC=CC(C)=CC[P+](c1ccccc1)(c1ccccc1)c1ccccc1.[Cl-]. The summed E-state index contributed by atoms with van der Waals surface area (Å²) in [5, 5.41) is 4.11. The maximum atomic E-state index is 11.8. The third-order valence-corrected chi connectivity index (χ3v) is 9.85. The molecule has 0 fully saturated rings. The molecular weight excluding hydrogens is 459 g/mol. The van der Waals surface area contributed by atoms with Crippen LogP contribution in [0.5, 0.6) is 0 Å². The normalized spacial score (nSPS) is 12.3. The summed E-state index contributed by atoms with van der Waals surface area (Å²) in [6.07, 6.45) is 9.03. The molecule has 0 bridgehead atoms. The molecule has 3 aromatic carbocycles. The van der Waals surface area contributed by atoms with Gasteiger partial charge in [-0.1, -0.05) is 78.4 Å². The first-order valence-electron chi connectivity index (χ1n) is 11.3. The molecule has 34 heavy (non-hydrogen) atoms. The number of carbonyl (C=O) groups excluding carboxylic acids is 1. The summed E-state index contributed by atoms with van der Waals surface area (Å²) in [5.74, 6) is -0.272. The van der Waals surface area contributed by atoms with E-state index in [1.165, 1.54) is 15.9 Å². The first kappa shape index (κ1) is 27.3. The summed E-state index contributed by atoms with van der Waals surface area (Å²) in [6.45, 7) is 6.09. The van der Waals surface area contributed by atoms with Crippen LogP contribution in [0.2, 0.25) is 0 Å². The molecule has 0 aliphatic carbocycles. The molecule has 0 spiro atoms.